The normalized spacial score (nSPS) is 10.6. The zero-order valence-corrected chi connectivity index (χ0v) is 12.3. The molecule has 0 spiro atoms. The lowest BCUT2D eigenvalue weighted by molar-refractivity contribution is 0.0699. The van der Waals surface area contributed by atoms with Gasteiger partial charge in [0.15, 0.2) is 10.6 Å². The lowest BCUT2D eigenvalue weighted by Crippen LogP contribution is -2.35. The molecule has 7 nitrogen and oxygen atoms in total. The summed E-state index contributed by atoms with van der Waals surface area (Å²) in [5.41, 5.74) is -0.651. The molecule has 116 valence electrons. The molecule has 8 heteroatoms. The molecule has 0 aliphatic rings. The van der Waals surface area contributed by atoms with Crippen LogP contribution in [0, 0.1) is 0 Å². The summed E-state index contributed by atoms with van der Waals surface area (Å²) in [6.07, 6.45) is 0. The molecule has 3 rings (SSSR count). The van der Waals surface area contributed by atoms with Crippen LogP contribution < -0.4 is 21.5 Å². The molecule has 3 aromatic rings. The number of benzene rings is 1. The Morgan fingerprint density at radius 1 is 1.00 bits per heavy atom. The maximum absolute atomic E-state index is 11.7. The van der Waals surface area contributed by atoms with E-state index in [2.05, 4.69) is 10.6 Å². The van der Waals surface area contributed by atoms with Crippen LogP contribution in [0.25, 0.3) is 0 Å². The van der Waals surface area contributed by atoms with Crippen molar-refractivity contribution < 1.29 is 15.0 Å². The first-order chi connectivity index (χ1) is 11.0. The van der Waals surface area contributed by atoms with Gasteiger partial charge in [-0.05, 0) is 12.1 Å². The van der Waals surface area contributed by atoms with Crippen molar-refractivity contribution in [2.75, 3.05) is 10.6 Å². The molecule has 1 heterocycles. The second-order valence-electron chi connectivity index (χ2n) is 4.66. The van der Waals surface area contributed by atoms with Crippen LogP contribution in [0.15, 0.2) is 45.3 Å². The van der Waals surface area contributed by atoms with Gasteiger partial charge in [-0.15, -0.1) is 11.3 Å². The average Bonchev–Trinajstić information content (AvgIpc) is 2.92. The fourth-order valence-electron chi connectivity index (χ4n) is 2.02. The number of thiophene rings is 1. The molecule has 0 unspecified atom stereocenters. The second-order valence-corrected chi connectivity index (χ2v) is 5.54. The Labute approximate surface area is 133 Å². The van der Waals surface area contributed by atoms with Gasteiger partial charge in [-0.25, -0.2) is 4.79 Å². The lowest BCUT2D eigenvalue weighted by atomic mass is 10.1. The second kappa shape index (κ2) is 5.58. The molecule has 0 saturated carbocycles. The van der Waals surface area contributed by atoms with Crippen LogP contribution in [0.2, 0.25) is 0 Å². The van der Waals surface area contributed by atoms with Gasteiger partial charge in [-0.3, -0.25) is 9.59 Å². The van der Waals surface area contributed by atoms with Crippen LogP contribution in [-0.2, 0) is 0 Å². The summed E-state index contributed by atoms with van der Waals surface area (Å²) in [5, 5.41) is 25.5. The molecule has 0 atom stereocenters. The third-order valence-corrected chi connectivity index (χ3v) is 4.13. The molecule has 4 N–H and O–H groups in total. The first kappa shape index (κ1) is 14.8. The Morgan fingerprint density at radius 2 is 1.61 bits per heavy atom. The minimum absolute atomic E-state index is 0.0103. The predicted molar refractivity (Wildman–Crippen MR) is 87.3 cm³/mol. The molecule has 2 aromatic carbocycles. The van der Waals surface area contributed by atoms with Gasteiger partial charge in [0, 0.05) is 11.1 Å². The topological polar surface area (TPSA) is 116 Å². The quantitative estimate of drug-likeness (QED) is 0.530. The van der Waals surface area contributed by atoms with E-state index in [0.717, 1.165) is 11.3 Å². The standard InChI is InChI=1S/C15H10N2O5S/c18-11-8(6-23-14(11)15(21)22)17-10-9(12(19)13(10)20)16-7-4-2-1-3-5-7/h1-6,16-18H,(H,21,22). The summed E-state index contributed by atoms with van der Waals surface area (Å²) >= 11 is 0.817. The number of rotatable bonds is 5. The molecular weight excluding hydrogens is 320 g/mol. The van der Waals surface area contributed by atoms with E-state index in [0.29, 0.717) is 5.69 Å². The zero-order valence-electron chi connectivity index (χ0n) is 11.5. The summed E-state index contributed by atoms with van der Waals surface area (Å²) in [6, 6.07) is 8.80. The van der Waals surface area contributed by atoms with Gasteiger partial charge in [-0.1, -0.05) is 18.2 Å². The number of nitrogens with one attached hydrogen (secondary N) is 2. The van der Waals surface area contributed by atoms with E-state index in [-0.39, 0.29) is 21.9 Å². The summed E-state index contributed by atoms with van der Waals surface area (Å²) < 4.78 is 0. The number of carboxylic acids is 1. The van der Waals surface area contributed by atoms with Crippen molar-refractivity contribution in [3.63, 3.8) is 0 Å². The number of carbonyl (C=O) groups is 1. The van der Waals surface area contributed by atoms with Crippen molar-refractivity contribution in [2.24, 2.45) is 0 Å². The van der Waals surface area contributed by atoms with E-state index < -0.39 is 22.6 Å². The van der Waals surface area contributed by atoms with Crippen LogP contribution in [0.4, 0.5) is 22.7 Å². The zero-order chi connectivity index (χ0) is 16.6. The smallest absolute Gasteiger partial charge is 0.349 e. The first-order valence-corrected chi connectivity index (χ1v) is 7.33. The van der Waals surface area contributed by atoms with Crippen molar-refractivity contribution >= 4 is 40.1 Å². The maximum Gasteiger partial charge on any atom is 0.349 e. The van der Waals surface area contributed by atoms with Gasteiger partial charge in [0.05, 0.1) is 5.69 Å². The van der Waals surface area contributed by atoms with E-state index in [1.165, 1.54) is 5.38 Å². The molecule has 0 radical (unpaired) electrons. The first-order valence-electron chi connectivity index (χ1n) is 6.45. The summed E-state index contributed by atoms with van der Waals surface area (Å²) in [5.74, 6) is -1.74. The van der Waals surface area contributed by atoms with E-state index in [1.807, 2.05) is 6.07 Å². The molecule has 0 amide bonds. The SMILES string of the molecule is O=C(O)c1scc(Nc2c(Nc3ccccc3)c(=O)c2=O)c1O. The van der Waals surface area contributed by atoms with Crippen LogP contribution in [-0.4, -0.2) is 16.2 Å². The number of anilines is 4. The minimum Gasteiger partial charge on any atom is -0.504 e. The molecule has 1 aromatic heterocycles. The largest absolute Gasteiger partial charge is 0.504 e. The third-order valence-electron chi connectivity index (χ3n) is 3.17. The maximum atomic E-state index is 11.7. The van der Waals surface area contributed by atoms with Crippen molar-refractivity contribution in [1.29, 1.82) is 0 Å². The molecule has 0 aliphatic carbocycles. The highest BCUT2D eigenvalue weighted by atomic mass is 32.1. The van der Waals surface area contributed by atoms with Crippen LogP contribution in [0.5, 0.6) is 5.75 Å². The van der Waals surface area contributed by atoms with Crippen molar-refractivity contribution in [3.8, 4) is 5.75 Å². The molecule has 0 fully saturated rings. The highest BCUT2D eigenvalue weighted by Gasteiger charge is 2.24. The van der Waals surface area contributed by atoms with Crippen molar-refractivity contribution in [1.82, 2.24) is 0 Å². The molecule has 0 aliphatic heterocycles. The van der Waals surface area contributed by atoms with Gasteiger partial charge < -0.3 is 20.8 Å². The van der Waals surface area contributed by atoms with Gasteiger partial charge in [0.25, 0.3) is 10.9 Å². The van der Waals surface area contributed by atoms with Crippen LogP contribution in [0.1, 0.15) is 9.67 Å². The monoisotopic (exact) mass is 330 g/mol. The molecule has 0 bridgehead atoms. The summed E-state index contributed by atoms with van der Waals surface area (Å²) in [6.45, 7) is 0. The van der Waals surface area contributed by atoms with Crippen LogP contribution >= 0.6 is 11.3 Å². The van der Waals surface area contributed by atoms with Crippen molar-refractivity contribution in [3.05, 3.63) is 61.0 Å². The number of hydrogen-bond donors (Lipinski definition) is 4. The van der Waals surface area contributed by atoms with Gasteiger partial charge in [-0.2, -0.15) is 0 Å². The Hall–Kier alpha value is -3.13. The van der Waals surface area contributed by atoms with Gasteiger partial charge in [0.2, 0.25) is 0 Å². The fraction of sp³-hybridized carbons (Fsp3) is 0. The van der Waals surface area contributed by atoms with Crippen molar-refractivity contribution in [2.45, 2.75) is 0 Å². The molecular formula is C15H10N2O5S. The average molecular weight is 330 g/mol. The number of aromatic carboxylic acids is 1. The van der Waals surface area contributed by atoms with Gasteiger partial charge in [0.1, 0.15) is 11.4 Å². The fourth-order valence-corrected chi connectivity index (χ4v) is 2.75. The highest BCUT2D eigenvalue weighted by molar-refractivity contribution is 7.12. The van der Waals surface area contributed by atoms with E-state index >= 15 is 0 Å². The number of carboxylic acid groups (broad SMARTS) is 1. The summed E-state index contributed by atoms with van der Waals surface area (Å²) in [7, 11) is 0. The van der Waals surface area contributed by atoms with E-state index in [4.69, 9.17) is 5.11 Å². The Balaban J connectivity index is 1.90. The van der Waals surface area contributed by atoms with E-state index in [1.54, 1.807) is 24.3 Å². The molecule has 23 heavy (non-hydrogen) atoms. The number of para-hydroxylation sites is 1. The lowest BCUT2D eigenvalue weighted by Gasteiger charge is -2.14. The highest BCUT2D eigenvalue weighted by Crippen LogP contribution is 2.36. The minimum atomic E-state index is -1.27. The Bertz CT molecular complexity index is 954. The number of hydrogen-bond acceptors (Lipinski definition) is 7. The van der Waals surface area contributed by atoms with Gasteiger partial charge >= 0.3 is 5.97 Å². The Kier molecular flexibility index (Phi) is 3.59. The van der Waals surface area contributed by atoms with E-state index in [9.17, 15) is 19.5 Å². The third kappa shape index (κ3) is 2.55. The molecule has 0 saturated heterocycles. The number of aromatic hydroxyl groups is 1. The summed E-state index contributed by atoms with van der Waals surface area (Å²) in [4.78, 5) is 34.1. The predicted octanol–water partition coefficient (Wildman–Crippen LogP) is 2.24. The Morgan fingerprint density at radius 3 is 2.17 bits per heavy atom. The van der Waals surface area contributed by atoms with Crippen LogP contribution in [0.3, 0.4) is 0 Å².